The number of unbranched alkanes of at least 4 members (excludes halogenated alkanes) is 1. The summed E-state index contributed by atoms with van der Waals surface area (Å²) in [7, 11) is 1.77. The number of amides is 3. The molecule has 4 heterocycles. The summed E-state index contributed by atoms with van der Waals surface area (Å²) in [5.41, 5.74) is 0. The van der Waals surface area contributed by atoms with Gasteiger partial charge in [0.2, 0.25) is 17.7 Å². The van der Waals surface area contributed by atoms with Crippen LogP contribution in [-0.4, -0.2) is 92.9 Å². The van der Waals surface area contributed by atoms with E-state index in [0.29, 0.717) is 19.6 Å². The number of fused-ring (bicyclic) bond motifs is 2. The average Bonchev–Trinajstić information content (AvgIpc) is 3.13. The summed E-state index contributed by atoms with van der Waals surface area (Å²) < 4.78 is -0.802. The second kappa shape index (κ2) is 9.45. The largest absolute Gasteiger partial charge is 0.394 e. The van der Waals surface area contributed by atoms with E-state index in [4.69, 9.17) is 0 Å². The number of aliphatic hydroxyl groups is 1. The lowest BCUT2D eigenvalue weighted by Crippen LogP contribution is -2.57. The molecule has 7 nitrogen and oxygen atoms in total. The second-order valence-electron chi connectivity index (χ2n) is 9.91. The molecule has 7 atom stereocenters. The monoisotopic (exact) mass is 475 g/mol. The number of hydrogen-bond donors (Lipinski definition) is 1. The molecule has 4 rings (SSSR count). The van der Waals surface area contributed by atoms with Gasteiger partial charge in [0.25, 0.3) is 0 Å². The van der Waals surface area contributed by atoms with E-state index in [1.165, 1.54) is 0 Å². The van der Waals surface area contributed by atoms with Crippen molar-refractivity contribution in [1.29, 1.82) is 0 Å². The molecule has 2 fully saturated rings. The molecule has 0 aromatic carbocycles. The zero-order chi connectivity index (χ0) is 23.9. The smallest absolute Gasteiger partial charge is 0.247 e. The van der Waals surface area contributed by atoms with Crippen LogP contribution in [0.1, 0.15) is 40.0 Å². The van der Waals surface area contributed by atoms with E-state index in [-0.39, 0.29) is 35.5 Å². The van der Waals surface area contributed by atoms with E-state index in [0.717, 1.165) is 19.3 Å². The average molecular weight is 476 g/mol. The summed E-state index contributed by atoms with van der Waals surface area (Å²) >= 11 is 1.60. The van der Waals surface area contributed by atoms with Crippen molar-refractivity contribution in [1.82, 2.24) is 14.7 Å². The molecule has 182 valence electrons. The van der Waals surface area contributed by atoms with Crippen LogP contribution < -0.4 is 0 Å². The van der Waals surface area contributed by atoms with Gasteiger partial charge in [-0.3, -0.25) is 14.4 Å². The minimum atomic E-state index is -0.802. The minimum absolute atomic E-state index is 0.0344. The van der Waals surface area contributed by atoms with Crippen LogP contribution in [0.3, 0.4) is 0 Å². The van der Waals surface area contributed by atoms with Gasteiger partial charge in [0.15, 0.2) is 0 Å². The zero-order valence-electron chi connectivity index (χ0n) is 20.1. The lowest BCUT2D eigenvalue weighted by Gasteiger charge is -2.40. The lowest BCUT2D eigenvalue weighted by molar-refractivity contribution is -0.147. The Labute approximate surface area is 201 Å². The highest BCUT2D eigenvalue weighted by molar-refractivity contribution is 8.02. The normalized spacial score (nSPS) is 35.3. The molecule has 0 aromatic heterocycles. The quantitative estimate of drug-likeness (QED) is 0.569. The fourth-order valence-electron chi connectivity index (χ4n) is 5.97. The minimum Gasteiger partial charge on any atom is -0.394 e. The Balaban J connectivity index is 1.85. The third-order valence-electron chi connectivity index (χ3n) is 8.01. The van der Waals surface area contributed by atoms with E-state index in [1.807, 2.05) is 30.9 Å². The molecule has 3 amide bonds. The van der Waals surface area contributed by atoms with Gasteiger partial charge >= 0.3 is 0 Å². The number of nitrogens with zero attached hydrogens (tertiary/aromatic N) is 3. The summed E-state index contributed by atoms with van der Waals surface area (Å²) in [6, 6.07) is -1.16. The van der Waals surface area contributed by atoms with E-state index in [9.17, 15) is 19.5 Å². The van der Waals surface area contributed by atoms with Gasteiger partial charge in [0.1, 0.15) is 6.04 Å². The first-order valence-electron chi connectivity index (χ1n) is 12.3. The lowest BCUT2D eigenvalue weighted by atomic mass is 9.78. The van der Waals surface area contributed by atoms with Gasteiger partial charge in [0, 0.05) is 31.9 Å². The van der Waals surface area contributed by atoms with Crippen LogP contribution in [0.4, 0.5) is 0 Å². The first-order valence-corrected chi connectivity index (χ1v) is 13.2. The number of thioether (sulfide) groups is 1. The van der Waals surface area contributed by atoms with Crippen molar-refractivity contribution in [3.63, 3.8) is 0 Å². The molecule has 0 saturated carbocycles. The molecule has 2 saturated heterocycles. The van der Waals surface area contributed by atoms with Gasteiger partial charge in [-0.25, -0.2) is 0 Å². The summed E-state index contributed by atoms with van der Waals surface area (Å²) in [5.74, 6) is -1.33. The predicted octanol–water partition coefficient (Wildman–Crippen LogP) is 1.92. The standard InChI is InChI=1S/C25H37N3O4S/c1-5-7-13-27-14-9-11-25-20(19-18(33-25)10-8-12-26(4)22(19)30)23(31)28(21(25)24(27)32)17(15-29)16(3)6-2/h8-11,16-21,29H,5-7,12-15H2,1-4H3/t16-,17-,18-,19+,20-,21?,25-/m0/s1. The highest BCUT2D eigenvalue weighted by Crippen LogP contribution is 2.61. The van der Waals surface area contributed by atoms with Crippen molar-refractivity contribution in [3.05, 3.63) is 24.3 Å². The highest BCUT2D eigenvalue weighted by Gasteiger charge is 2.71. The topological polar surface area (TPSA) is 81.2 Å². The van der Waals surface area contributed by atoms with Crippen molar-refractivity contribution in [3.8, 4) is 0 Å². The van der Waals surface area contributed by atoms with Gasteiger partial charge in [0.05, 0.1) is 29.2 Å². The Hall–Kier alpha value is -1.80. The van der Waals surface area contributed by atoms with E-state index >= 15 is 0 Å². The van der Waals surface area contributed by atoms with Crippen LogP contribution in [-0.2, 0) is 14.4 Å². The van der Waals surface area contributed by atoms with E-state index in [1.54, 1.807) is 28.6 Å². The molecule has 0 aliphatic carbocycles. The van der Waals surface area contributed by atoms with Crippen molar-refractivity contribution >= 4 is 29.5 Å². The van der Waals surface area contributed by atoms with Crippen molar-refractivity contribution in [2.45, 2.75) is 62.1 Å². The fourth-order valence-corrected chi connectivity index (χ4v) is 7.96. The summed E-state index contributed by atoms with van der Waals surface area (Å²) in [6.07, 6.45) is 10.8. The first-order chi connectivity index (χ1) is 15.8. The molecule has 33 heavy (non-hydrogen) atoms. The summed E-state index contributed by atoms with van der Waals surface area (Å²) in [6.45, 7) is 7.64. The number of likely N-dealkylation sites (N-methyl/N-ethyl adjacent to an activating group) is 1. The van der Waals surface area contributed by atoms with Crippen LogP contribution in [0, 0.1) is 17.8 Å². The Kier molecular flexibility index (Phi) is 6.97. The molecule has 8 heteroatoms. The highest BCUT2D eigenvalue weighted by atomic mass is 32.2. The Bertz CT molecular complexity index is 861. The molecule has 1 unspecified atom stereocenters. The number of aliphatic hydroxyl groups excluding tert-OH is 1. The maximum absolute atomic E-state index is 14.2. The maximum atomic E-state index is 14.2. The zero-order valence-corrected chi connectivity index (χ0v) is 21.0. The molecular formula is C25H37N3O4S. The maximum Gasteiger partial charge on any atom is 0.247 e. The van der Waals surface area contributed by atoms with Crippen molar-refractivity contribution < 1.29 is 19.5 Å². The number of carbonyl (C=O) groups excluding carboxylic acids is 3. The van der Waals surface area contributed by atoms with Gasteiger partial charge in [-0.05, 0) is 12.3 Å². The molecular weight excluding hydrogens is 438 g/mol. The molecule has 4 aliphatic rings. The third-order valence-corrected chi connectivity index (χ3v) is 9.75. The molecule has 4 aliphatic heterocycles. The van der Waals surface area contributed by atoms with Crippen molar-refractivity contribution in [2.24, 2.45) is 17.8 Å². The van der Waals surface area contributed by atoms with Gasteiger partial charge in [-0.2, -0.15) is 0 Å². The van der Waals surface area contributed by atoms with Gasteiger partial charge in [-0.1, -0.05) is 57.9 Å². The molecule has 0 bridgehead atoms. The second-order valence-corrected chi connectivity index (χ2v) is 11.4. The molecule has 0 aromatic rings. The Morgan fingerprint density at radius 1 is 1.15 bits per heavy atom. The molecule has 0 radical (unpaired) electrons. The number of hydrogen-bond acceptors (Lipinski definition) is 5. The van der Waals surface area contributed by atoms with Crippen LogP contribution >= 0.6 is 11.8 Å². The van der Waals surface area contributed by atoms with E-state index in [2.05, 4.69) is 19.1 Å². The molecule has 1 N–H and O–H groups in total. The van der Waals surface area contributed by atoms with E-state index < -0.39 is 28.7 Å². The Morgan fingerprint density at radius 2 is 1.91 bits per heavy atom. The van der Waals surface area contributed by atoms with Crippen LogP contribution in [0.25, 0.3) is 0 Å². The summed E-state index contributed by atoms with van der Waals surface area (Å²) in [5, 5.41) is 10.2. The predicted molar refractivity (Wildman–Crippen MR) is 129 cm³/mol. The Morgan fingerprint density at radius 3 is 2.58 bits per heavy atom. The fraction of sp³-hybridized carbons (Fsp3) is 0.720. The number of rotatable bonds is 7. The first kappa shape index (κ1) is 24.3. The molecule has 1 spiro atoms. The van der Waals surface area contributed by atoms with Crippen molar-refractivity contribution in [2.75, 3.05) is 33.3 Å². The van der Waals surface area contributed by atoms with Crippen LogP contribution in [0.5, 0.6) is 0 Å². The number of likely N-dealkylation sites (tertiary alicyclic amines) is 1. The van der Waals surface area contributed by atoms with Gasteiger partial charge in [-0.15, -0.1) is 11.8 Å². The number of carbonyl (C=O) groups is 3. The third kappa shape index (κ3) is 3.73. The summed E-state index contributed by atoms with van der Waals surface area (Å²) in [4.78, 5) is 46.9. The van der Waals surface area contributed by atoms with Crippen LogP contribution in [0.2, 0.25) is 0 Å². The SMILES string of the molecule is CCCCN1CC=C[C@]23S[C@H]4C=CCN(C)C(=O)[C@H]4[C@H]2C(=O)N([C@@H](CO)[C@@H](C)CC)C3C1=O. The van der Waals surface area contributed by atoms with Crippen LogP contribution in [0.15, 0.2) is 24.3 Å². The van der Waals surface area contributed by atoms with Gasteiger partial charge < -0.3 is 19.8 Å².